The molecule has 1 aromatic rings. The summed E-state index contributed by atoms with van der Waals surface area (Å²) in [5.74, 6) is -0.413. The number of hydrogen-bond acceptors (Lipinski definition) is 5. The number of piperidine rings is 1. The van der Waals surface area contributed by atoms with Crippen molar-refractivity contribution in [2.45, 2.75) is 12.5 Å². The first-order valence-electron chi connectivity index (χ1n) is 6.12. The molecular weight excluding hydrogens is 248 g/mol. The molecule has 2 atom stereocenters. The van der Waals surface area contributed by atoms with E-state index in [1.807, 2.05) is 11.9 Å². The summed E-state index contributed by atoms with van der Waals surface area (Å²) in [6, 6.07) is 5.69. The molecule has 0 radical (unpaired) electrons. The van der Waals surface area contributed by atoms with Crippen LogP contribution in [0.3, 0.4) is 0 Å². The number of Topliss-reactive ketones (excluding diaryl/α,β-unsaturated/α-hetero) is 1. The third-order valence-electron chi connectivity index (χ3n) is 3.49. The molecule has 0 aromatic heterocycles. The number of benzene rings is 1. The Morgan fingerprint density at radius 2 is 2.05 bits per heavy atom. The first-order valence-corrected chi connectivity index (χ1v) is 6.12. The lowest BCUT2D eigenvalue weighted by atomic mass is 9.87. The third kappa shape index (κ3) is 2.97. The highest BCUT2D eigenvalue weighted by atomic mass is 16.6. The molecule has 1 heterocycles. The largest absolute Gasteiger partial charge is 0.388 e. The summed E-state index contributed by atoms with van der Waals surface area (Å²) in [5, 5.41) is 20.8. The van der Waals surface area contributed by atoms with E-state index in [0.29, 0.717) is 25.1 Å². The van der Waals surface area contributed by atoms with Gasteiger partial charge in [0.15, 0.2) is 0 Å². The van der Waals surface area contributed by atoms with Crippen LogP contribution in [-0.2, 0) is 4.79 Å². The second kappa shape index (κ2) is 5.46. The lowest BCUT2D eigenvalue weighted by Crippen LogP contribution is -2.41. The molecule has 0 saturated carbocycles. The van der Waals surface area contributed by atoms with Gasteiger partial charge < -0.3 is 10.0 Å². The third-order valence-corrected chi connectivity index (χ3v) is 3.49. The summed E-state index contributed by atoms with van der Waals surface area (Å²) < 4.78 is 0. The van der Waals surface area contributed by atoms with E-state index in [-0.39, 0.29) is 11.5 Å². The van der Waals surface area contributed by atoms with Gasteiger partial charge in [-0.05, 0) is 24.7 Å². The predicted octanol–water partition coefficient (Wildman–Crippen LogP) is 1.15. The second-order valence-corrected chi connectivity index (χ2v) is 4.88. The quantitative estimate of drug-likeness (QED) is 0.654. The van der Waals surface area contributed by atoms with Crippen LogP contribution in [0, 0.1) is 16.0 Å². The van der Waals surface area contributed by atoms with Crippen LogP contribution in [0.5, 0.6) is 0 Å². The van der Waals surface area contributed by atoms with Crippen LogP contribution in [-0.4, -0.2) is 40.9 Å². The molecule has 0 bridgehead atoms. The molecule has 0 aliphatic carbocycles. The van der Waals surface area contributed by atoms with Gasteiger partial charge in [-0.25, -0.2) is 0 Å². The molecule has 1 saturated heterocycles. The van der Waals surface area contributed by atoms with E-state index in [1.165, 1.54) is 24.3 Å². The zero-order valence-corrected chi connectivity index (χ0v) is 10.7. The Hall–Kier alpha value is -1.79. The number of rotatable bonds is 3. The normalized spacial score (nSPS) is 22.2. The molecule has 2 unspecified atom stereocenters. The minimum absolute atomic E-state index is 0.0250. The number of nitro groups is 1. The molecular formula is C13H16N2O4. The standard InChI is InChI=1S/C13H16N2O4/c1-14-7-6-12(16)11(8-14)13(17)9-2-4-10(5-3-9)15(18)19/h2-5,11,13,17H,6-8H2,1H3. The fourth-order valence-corrected chi connectivity index (χ4v) is 2.32. The van der Waals surface area contributed by atoms with Gasteiger partial charge in [0, 0.05) is 31.6 Å². The topological polar surface area (TPSA) is 83.7 Å². The molecule has 6 heteroatoms. The van der Waals surface area contributed by atoms with Gasteiger partial charge in [-0.1, -0.05) is 0 Å². The van der Waals surface area contributed by atoms with Crippen LogP contribution in [0.1, 0.15) is 18.1 Å². The number of likely N-dealkylation sites (tertiary alicyclic amines) is 1. The number of aliphatic hydroxyl groups is 1. The molecule has 1 aliphatic rings. The fraction of sp³-hybridized carbons (Fsp3) is 0.462. The number of aliphatic hydroxyl groups excluding tert-OH is 1. The number of ketones is 1. The van der Waals surface area contributed by atoms with Gasteiger partial charge in [-0.15, -0.1) is 0 Å². The molecule has 0 amide bonds. The van der Waals surface area contributed by atoms with E-state index in [0.717, 1.165) is 0 Å². The van der Waals surface area contributed by atoms with Crippen molar-refractivity contribution in [3.05, 3.63) is 39.9 Å². The van der Waals surface area contributed by atoms with Crippen molar-refractivity contribution in [1.82, 2.24) is 4.90 Å². The van der Waals surface area contributed by atoms with Gasteiger partial charge in [0.1, 0.15) is 5.78 Å². The van der Waals surface area contributed by atoms with Crippen molar-refractivity contribution in [3.63, 3.8) is 0 Å². The highest BCUT2D eigenvalue weighted by molar-refractivity contribution is 5.82. The molecule has 102 valence electrons. The predicted molar refractivity (Wildman–Crippen MR) is 68.7 cm³/mol. The van der Waals surface area contributed by atoms with Crippen molar-refractivity contribution in [2.75, 3.05) is 20.1 Å². The van der Waals surface area contributed by atoms with Crippen LogP contribution >= 0.6 is 0 Å². The summed E-state index contributed by atoms with van der Waals surface area (Å²) in [5.41, 5.74) is 0.516. The average Bonchev–Trinajstić information content (AvgIpc) is 2.41. The average molecular weight is 264 g/mol. The molecule has 1 fully saturated rings. The highest BCUT2D eigenvalue weighted by Gasteiger charge is 2.32. The lowest BCUT2D eigenvalue weighted by Gasteiger charge is -2.31. The number of carbonyl (C=O) groups is 1. The van der Waals surface area contributed by atoms with Crippen molar-refractivity contribution in [3.8, 4) is 0 Å². The number of nitro benzene ring substituents is 1. The monoisotopic (exact) mass is 264 g/mol. The van der Waals surface area contributed by atoms with Crippen LogP contribution in [0.2, 0.25) is 0 Å². The number of hydrogen-bond donors (Lipinski definition) is 1. The molecule has 6 nitrogen and oxygen atoms in total. The Morgan fingerprint density at radius 3 is 2.63 bits per heavy atom. The van der Waals surface area contributed by atoms with E-state index >= 15 is 0 Å². The minimum Gasteiger partial charge on any atom is -0.388 e. The zero-order valence-electron chi connectivity index (χ0n) is 10.7. The summed E-state index contributed by atoms with van der Waals surface area (Å²) in [4.78, 5) is 23.9. The smallest absolute Gasteiger partial charge is 0.269 e. The maximum absolute atomic E-state index is 11.8. The van der Waals surface area contributed by atoms with Gasteiger partial charge in [0.2, 0.25) is 0 Å². The number of non-ortho nitro benzene ring substituents is 1. The van der Waals surface area contributed by atoms with Crippen molar-refractivity contribution in [1.29, 1.82) is 0 Å². The fourth-order valence-electron chi connectivity index (χ4n) is 2.32. The Kier molecular flexibility index (Phi) is 3.92. The van der Waals surface area contributed by atoms with E-state index in [2.05, 4.69) is 0 Å². The molecule has 0 spiro atoms. The molecule has 1 N–H and O–H groups in total. The van der Waals surface area contributed by atoms with Gasteiger partial charge in [0.05, 0.1) is 16.9 Å². The number of nitrogens with zero attached hydrogens (tertiary/aromatic N) is 2. The Bertz CT molecular complexity index is 486. The molecule has 1 aromatic carbocycles. The molecule has 19 heavy (non-hydrogen) atoms. The van der Waals surface area contributed by atoms with Gasteiger partial charge in [-0.3, -0.25) is 14.9 Å². The van der Waals surface area contributed by atoms with Gasteiger partial charge >= 0.3 is 0 Å². The van der Waals surface area contributed by atoms with Crippen molar-refractivity contribution < 1.29 is 14.8 Å². The Labute approximate surface area is 110 Å². The van der Waals surface area contributed by atoms with Crippen LogP contribution in [0.15, 0.2) is 24.3 Å². The van der Waals surface area contributed by atoms with Crippen LogP contribution in [0.25, 0.3) is 0 Å². The summed E-state index contributed by atoms with van der Waals surface area (Å²) in [7, 11) is 1.90. The zero-order chi connectivity index (χ0) is 14.0. The molecule has 2 rings (SSSR count). The molecule has 1 aliphatic heterocycles. The Morgan fingerprint density at radius 1 is 1.42 bits per heavy atom. The van der Waals surface area contributed by atoms with Gasteiger partial charge in [-0.2, -0.15) is 0 Å². The lowest BCUT2D eigenvalue weighted by molar-refractivity contribution is -0.384. The minimum atomic E-state index is -0.906. The van der Waals surface area contributed by atoms with Crippen LogP contribution in [0.4, 0.5) is 5.69 Å². The number of carbonyl (C=O) groups excluding carboxylic acids is 1. The van der Waals surface area contributed by atoms with Crippen molar-refractivity contribution in [2.24, 2.45) is 5.92 Å². The second-order valence-electron chi connectivity index (χ2n) is 4.88. The van der Waals surface area contributed by atoms with E-state index in [1.54, 1.807) is 0 Å². The first kappa shape index (κ1) is 13.6. The van der Waals surface area contributed by atoms with Crippen LogP contribution < -0.4 is 0 Å². The van der Waals surface area contributed by atoms with Crippen molar-refractivity contribution >= 4 is 11.5 Å². The maximum atomic E-state index is 11.8. The summed E-state index contributed by atoms with van der Waals surface area (Å²) in [6.45, 7) is 1.22. The van der Waals surface area contributed by atoms with E-state index < -0.39 is 16.9 Å². The Balaban J connectivity index is 2.16. The van der Waals surface area contributed by atoms with E-state index in [9.17, 15) is 20.0 Å². The van der Waals surface area contributed by atoms with E-state index in [4.69, 9.17) is 0 Å². The maximum Gasteiger partial charge on any atom is 0.269 e. The summed E-state index contributed by atoms with van der Waals surface area (Å²) >= 11 is 0. The summed E-state index contributed by atoms with van der Waals surface area (Å²) in [6.07, 6.45) is -0.471. The SMILES string of the molecule is CN1CCC(=O)C(C(O)c2ccc([N+](=O)[O-])cc2)C1. The highest BCUT2D eigenvalue weighted by Crippen LogP contribution is 2.28. The van der Waals surface area contributed by atoms with Gasteiger partial charge in [0.25, 0.3) is 5.69 Å². The first-order chi connectivity index (χ1) is 8.99.